The molecular weight excluding hydrogens is 488 g/mol. The van der Waals surface area contributed by atoms with E-state index in [0.29, 0.717) is 12.2 Å². The molecule has 0 bridgehead atoms. The van der Waals surface area contributed by atoms with Gasteiger partial charge in [-0.15, -0.1) is 0 Å². The number of carbonyl (C=O) groups excluding carboxylic acids is 2. The van der Waals surface area contributed by atoms with Crippen LogP contribution in [0, 0.1) is 12.8 Å². The molecule has 0 unspecified atom stereocenters. The number of nitrogens with zero attached hydrogens (tertiary/aromatic N) is 1. The molecule has 1 aliphatic heterocycles. The molecule has 200 valence electrons. The third kappa shape index (κ3) is 6.60. The number of esters is 1. The zero-order chi connectivity index (χ0) is 27.1. The molecule has 4 atom stereocenters. The second-order valence-electron chi connectivity index (χ2n) is 9.26. The molecule has 1 fully saturated rings. The number of para-hydroxylation sites is 1. The van der Waals surface area contributed by atoms with E-state index in [1.54, 1.807) is 6.92 Å². The molecule has 1 saturated heterocycles. The number of methoxy groups -OCH3 is 1. The van der Waals surface area contributed by atoms with Crippen LogP contribution in [0.2, 0.25) is 0 Å². The molecule has 2 N–H and O–H groups in total. The van der Waals surface area contributed by atoms with Gasteiger partial charge in [0.2, 0.25) is 0 Å². The number of amides is 1. The lowest BCUT2D eigenvalue weighted by Gasteiger charge is -2.31. The van der Waals surface area contributed by atoms with Crippen molar-refractivity contribution in [2.45, 2.75) is 38.5 Å². The summed E-state index contributed by atoms with van der Waals surface area (Å²) in [6, 6.07) is 17.9. The summed E-state index contributed by atoms with van der Waals surface area (Å²) >= 11 is 0. The third-order valence-electron chi connectivity index (χ3n) is 6.39. The number of aromatic nitrogens is 1. The number of rotatable bonds is 7. The Kier molecular flexibility index (Phi) is 8.81. The number of aromatic hydroxyl groups is 1. The van der Waals surface area contributed by atoms with Gasteiger partial charge >= 0.3 is 5.97 Å². The summed E-state index contributed by atoms with van der Waals surface area (Å²) in [6.07, 6.45) is 0.802. The number of benzene rings is 2. The second-order valence-corrected chi connectivity index (χ2v) is 9.26. The van der Waals surface area contributed by atoms with E-state index in [2.05, 4.69) is 34.6 Å². The highest BCUT2D eigenvalue weighted by Gasteiger charge is 2.36. The first-order valence-electron chi connectivity index (χ1n) is 12.4. The zero-order valence-corrected chi connectivity index (χ0v) is 21.6. The average molecular weight is 521 g/mol. The highest BCUT2D eigenvalue weighted by Crippen LogP contribution is 2.28. The van der Waals surface area contributed by atoms with Crippen molar-refractivity contribution in [3.8, 4) is 17.2 Å². The van der Waals surface area contributed by atoms with Crippen molar-refractivity contribution < 1.29 is 33.6 Å². The van der Waals surface area contributed by atoms with Crippen LogP contribution in [0.25, 0.3) is 0 Å². The lowest BCUT2D eigenvalue weighted by molar-refractivity contribution is -0.155. The maximum Gasteiger partial charge on any atom is 0.331 e. The molecule has 0 spiro atoms. The van der Waals surface area contributed by atoms with E-state index in [0.717, 1.165) is 11.1 Å². The predicted molar refractivity (Wildman–Crippen MR) is 139 cm³/mol. The Morgan fingerprint density at radius 3 is 2.55 bits per heavy atom. The van der Waals surface area contributed by atoms with E-state index >= 15 is 0 Å². The molecule has 0 saturated carbocycles. The molecule has 0 radical (unpaired) electrons. The Morgan fingerprint density at radius 2 is 1.84 bits per heavy atom. The van der Waals surface area contributed by atoms with Gasteiger partial charge in [-0.2, -0.15) is 0 Å². The van der Waals surface area contributed by atoms with Gasteiger partial charge in [0, 0.05) is 18.2 Å². The van der Waals surface area contributed by atoms with Gasteiger partial charge < -0.3 is 29.4 Å². The highest BCUT2D eigenvalue weighted by molar-refractivity contribution is 5.98. The molecule has 2 aromatic carbocycles. The third-order valence-corrected chi connectivity index (χ3v) is 6.39. The lowest BCUT2D eigenvalue weighted by Crippen LogP contribution is -2.47. The fraction of sp³-hybridized carbons (Fsp3) is 0.345. The molecule has 38 heavy (non-hydrogen) atoms. The maximum atomic E-state index is 13.1. The fourth-order valence-electron chi connectivity index (χ4n) is 4.36. The normalized spacial score (nSPS) is 21.8. The second kappa shape index (κ2) is 12.4. The van der Waals surface area contributed by atoms with Gasteiger partial charge in [0.1, 0.15) is 18.0 Å². The number of hydrogen-bond acceptors (Lipinski definition) is 8. The average Bonchev–Trinajstić information content (AvgIpc) is 2.96. The summed E-state index contributed by atoms with van der Waals surface area (Å²) in [4.78, 5) is 29.9. The first-order valence-corrected chi connectivity index (χ1v) is 12.4. The van der Waals surface area contributed by atoms with Crippen molar-refractivity contribution in [3.63, 3.8) is 0 Å². The molecule has 9 nitrogen and oxygen atoms in total. The SMILES string of the molecule is COc1ccnc(C(=O)N[C@H]2COC[C@H](Cc3ccc(C)cc3)[C@@H](Oc3ccccc3)[C@H](C)OC2=O)c1O. The Hall–Kier alpha value is -4.11. The summed E-state index contributed by atoms with van der Waals surface area (Å²) in [5, 5.41) is 12.9. The number of aryl methyl sites for hydroxylation is 1. The Morgan fingerprint density at radius 1 is 1.11 bits per heavy atom. The minimum atomic E-state index is -1.12. The number of cyclic esters (lactones) is 1. The van der Waals surface area contributed by atoms with E-state index in [-0.39, 0.29) is 30.6 Å². The van der Waals surface area contributed by atoms with Crippen LogP contribution >= 0.6 is 0 Å². The van der Waals surface area contributed by atoms with Crippen molar-refractivity contribution >= 4 is 11.9 Å². The van der Waals surface area contributed by atoms with Crippen LogP contribution in [0.1, 0.15) is 28.5 Å². The van der Waals surface area contributed by atoms with Crippen LogP contribution in [-0.4, -0.2) is 60.5 Å². The van der Waals surface area contributed by atoms with Gasteiger partial charge in [0.15, 0.2) is 23.2 Å². The van der Waals surface area contributed by atoms with Crippen molar-refractivity contribution in [3.05, 3.63) is 83.7 Å². The van der Waals surface area contributed by atoms with Gasteiger partial charge in [0.05, 0.1) is 20.3 Å². The number of pyridine rings is 1. The zero-order valence-electron chi connectivity index (χ0n) is 21.6. The van der Waals surface area contributed by atoms with Crippen LogP contribution in [0.3, 0.4) is 0 Å². The summed E-state index contributed by atoms with van der Waals surface area (Å²) in [6.45, 7) is 3.95. The van der Waals surface area contributed by atoms with Crippen molar-refractivity contribution in [2.24, 2.45) is 5.92 Å². The van der Waals surface area contributed by atoms with Crippen LogP contribution in [-0.2, 0) is 20.7 Å². The van der Waals surface area contributed by atoms with Crippen molar-refractivity contribution in [2.75, 3.05) is 20.3 Å². The Bertz CT molecular complexity index is 1230. The minimum absolute atomic E-state index is 0.0897. The van der Waals surface area contributed by atoms with Gasteiger partial charge in [-0.3, -0.25) is 4.79 Å². The molecule has 1 amide bonds. The largest absolute Gasteiger partial charge is 0.503 e. The minimum Gasteiger partial charge on any atom is -0.503 e. The number of ether oxygens (including phenoxy) is 4. The van der Waals surface area contributed by atoms with Crippen molar-refractivity contribution in [1.82, 2.24) is 10.3 Å². The first-order chi connectivity index (χ1) is 18.4. The van der Waals surface area contributed by atoms with Crippen molar-refractivity contribution in [1.29, 1.82) is 0 Å². The molecule has 1 aliphatic rings. The Balaban J connectivity index is 1.55. The van der Waals surface area contributed by atoms with E-state index in [9.17, 15) is 14.7 Å². The van der Waals surface area contributed by atoms with Crippen LogP contribution in [0.5, 0.6) is 17.2 Å². The summed E-state index contributed by atoms with van der Waals surface area (Å²) in [5.41, 5.74) is 2.00. The molecule has 4 rings (SSSR count). The smallest absolute Gasteiger partial charge is 0.331 e. The number of nitrogens with one attached hydrogen (secondary N) is 1. The van der Waals surface area contributed by atoms with Crippen LogP contribution < -0.4 is 14.8 Å². The van der Waals surface area contributed by atoms with E-state index in [1.807, 2.05) is 37.3 Å². The highest BCUT2D eigenvalue weighted by atomic mass is 16.6. The van der Waals surface area contributed by atoms with Gasteiger partial charge in [-0.1, -0.05) is 48.0 Å². The predicted octanol–water partition coefficient (Wildman–Crippen LogP) is 3.47. The molecule has 1 aromatic heterocycles. The summed E-state index contributed by atoms with van der Waals surface area (Å²) in [5.74, 6) is -1.27. The van der Waals surface area contributed by atoms with E-state index in [1.165, 1.54) is 19.4 Å². The summed E-state index contributed by atoms with van der Waals surface area (Å²) in [7, 11) is 1.36. The number of hydrogen-bond donors (Lipinski definition) is 2. The fourth-order valence-corrected chi connectivity index (χ4v) is 4.36. The van der Waals surface area contributed by atoms with E-state index < -0.39 is 35.9 Å². The van der Waals surface area contributed by atoms with Crippen LogP contribution in [0.15, 0.2) is 66.9 Å². The van der Waals surface area contributed by atoms with E-state index in [4.69, 9.17) is 18.9 Å². The number of carbonyl (C=O) groups is 2. The topological polar surface area (TPSA) is 116 Å². The maximum absolute atomic E-state index is 13.1. The van der Waals surface area contributed by atoms with Gasteiger partial charge in [0.25, 0.3) is 5.91 Å². The van der Waals surface area contributed by atoms with Gasteiger partial charge in [-0.25, -0.2) is 9.78 Å². The summed E-state index contributed by atoms with van der Waals surface area (Å²) < 4.78 is 23.2. The first kappa shape index (κ1) is 26.9. The van der Waals surface area contributed by atoms with Gasteiger partial charge in [-0.05, 0) is 38.0 Å². The molecule has 2 heterocycles. The molecule has 9 heteroatoms. The Labute approximate surface area is 221 Å². The molecule has 3 aromatic rings. The molecular formula is C29H32N2O7. The van der Waals surface area contributed by atoms with Crippen LogP contribution in [0.4, 0.5) is 0 Å². The standard InChI is InChI=1S/C29H32N2O7/c1-18-9-11-20(12-10-18)15-21-16-36-17-23(31-28(33)25-26(32)24(35-3)13-14-30-25)29(34)37-19(2)27(21)38-22-7-5-4-6-8-22/h4-14,19,21,23,27,32H,15-17H2,1-3H3,(H,31,33)/t19-,21-,23-,27-/m0/s1. The quantitative estimate of drug-likeness (QED) is 0.455. The molecule has 0 aliphatic carbocycles. The lowest BCUT2D eigenvalue weighted by atomic mass is 9.91. The monoisotopic (exact) mass is 520 g/mol.